The van der Waals surface area contributed by atoms with Crippen LogP contribution < -0.4 is 5.32 Å². The van der Waals surface area contributed by atoms with Gasteiger partial charge in [0.25, 0.3) is 0 Å². The van der Waals surface area contributed by atoms with Gasteiger partial charge >= 0.3 is 0 Å². The zero-order chi connectivity index (χ0) is 12.5. The first-order chi connectivity index (χ1) is 7.97. The summed E-state index contributed by atoms with van der Waals surface area (Å²) in [5.74, 6) is 3.15. The molecular formula is C15H30N2. The molecule has 0 radical (unpaired) electrons. The molecule has 0 spiro atoms. The molecule has 2 saturated heterocycles. The summed E-state index contributed by atoms with van der Waals surface area (Å²) >= 11 is 0. The number of piperidine rings is 2. The maximum absolute atomic E-state index is 3.32. The fourth-order valence-corrected chi connectivity index (χ4v) is 3.14. The van der Waals surface area contributed by atoms with Crippen LogP contribution in [-0.2, 0) is 0 Å². The number of hydrogen-bond donors (Lipinski definition) is 1. The molecule has 2 atom stereocenters. The molecular weight excluding hydrogens is 208 g/mol. The van der Waals surface area contributed by atoms with E-state index in [2.05, 4.69) is 38.0 Å². The molecule has 2 aliphatic heterocycles. The maximum atomic E-state index is 3.32. The lowest BCUT2D eigenvalue weighted by Gasteiger charge is -2.37. The van der Waals surface area contributed by atoms with Gasteiger partial charge in [-0.25, -0.2) is 0 Å². The molecule has 17 heavy (non-hydrogen) atoms. The van der Waals surface area contributed by atoms with Crippen molar-refractivity contribution in [2.45, 2.75) is 40.0 Å². The third-order valence-electron chi connectivity index (χ3n) is 4.83. The van der Waals surface area contributed by atoms with Crippen LogP contribution in [0.15, 0.2) is 0 Å². The van der Waals surface area contributed by atoms with Gasteiger partial charge in [-0.3, -0.25) is 0 Å². The van der Waals surface area contributed by atoms with Crippen LogP contribution in [0.3, 0.4) is 0 Å². The fraction of sp³-hybridized carbons (Fsp3) is 1.00. The molecule has 1 aliphatic carbocycles. The zero-order valence-corrected chi connectivity index (χ0v) is 12.1. The van der Waals surface area contributed by atoms with Crippen molar-refractivity contribution in [3.8, 4) is 0 Å². The second-order valence-corrected chi connectivity index (χ2v) is 7.36. The first kappa shape index (κ1) is 13.4. The van der Waals surface area contributed by atoms with E-state index >= 15 is 0 Å². The lowest BCUT2D eigenvalue weighted by atomic mass is 9.75. The van der Waals surface area contributed by atoms with Crippen LogP contribution in [0.25, 0.3) is 0 Å². The molecule has 2 heteroatoms. The summed E-state index contributed by atoms with van der Waals surface area (Å²) in [5, 5.41) is 3.32. The lowest BCUT2D eigenvalue weighted by molar-refractivity contribution is 0.129. The minimum absolute atomic E-state index is 0.529. The highest BCUT2D eigenvalue weighted by Crippen LogP contribution is 2.40. The summed E-state index contributed by atoms with van der Waals surface area (Å²) in [5.41, 5.74) is 0.529. The average molecular weight is 238 g/mol. The summed E-state index contributed by atoms with van der Waals surface area (Å²) in [6, 6.07) is 0. The summed E-state index contributed by atoms with van der Waals surface area (Å²) < 4.78 is 0. The number of nitrogens with zero attached hydrogens (tertiary/aromatic N) is 1. The molecule has 0 aromatic rings. The largest absolute Gasteiger partial charge is 0.316 e. The first-order valence-corrected chi connectivity index (χ1v) is 7.36. The van der Waals surface area contributed by atoms with Crippen molar-refractivity contribution in [3.05, 3.63) is 0 Å². The van der Waals surface area contributed by atoms with E-state index in [0.717, 1.165) is 17.8 Å². The monoisotopic (exact) mass is 238 g/mol. The van der Waals surface area contributed by atoms with Gasteiger partial charge in [-0.1, -0.05) is 20.8 Å². The van der Waals surface area contributed by atoms with Gasteiger partial charge in [-0.15, -0.1) is 0 Å². The number of likely N-dealkylation sites (tertiary alicyclic amines) is 1. The minimum atomic E-state index is 0.529. The van der Waals surface area contributed by atoms with Gasteiger partial charge in [0.2, 0.25) is 0 Å². The van der Waals surface area contributed by atoms with E-state index in [0.29, 0.717) is 5.41 Å². The van der Waals surface area contributed by atoms with Crippen molar-refractivity contribution >= 4 is 0 Å². The van der Waals surface area contributed by atoms with Crippen LogP contribution in [0.4, 0.5) is 0 Å². The topological polar surface area (TPSA) is 15.3 Å². The summed E-state index contributed by atoms with van der Waals surface area (Å²) in [6.45, 7) is 12.3. The van der Waals surface area contributed by atoms with E-state index in [9.17, 15) is 0 Å². The van der Waals surface area contributed by atoms with Crippen LogP contribution in [0.5, 0.6) is 0 Å². The van der Waals surface area contributed by atoms with E-state index in [1.54, 1.807) is 0 Å². The van der Waals surface area contributed by atoms with Crippen molar-refractivity contribution in [2.24, 2.45) is 23.2 Å². The Kier molecular flexibility index (Phi) is 4.14. The summed E-state index contributed by atoms with van der Waals surface area (Å²) in [7, 11) is 2.22. The van der Waals surface area contributed by atoms with Crippen LogP contribution >= 0.6 is 0 Å². The Bertz CT molecular complexity index is 228. The van der Waals surface area contributed by atoms with Crippen LogP contribution in [0, 0.1) is 23.2 Å². The predicted molar refractivity (Wildman–Crippen MR) is 74.1 cm³/mol. The molecule has 2 nitrogen and oxygen atoms in total. The molecule has 0 aromatic heterocycles. The van der Waals surface area contributed by atoms with Crippen LogP contribution in [0.1, 0.15) is 40.0 Å². The van der Waals surface area contributed by atoms with Crippen molar-refractivity contribution in [3.63, 3.8) is 0 Å². The molecule has 0 bridgehead atoms. The quantitative estimate of drug-likeness (QED) is 0.698. The molecule has 1 saturated carbocycles. The maximum Gasteiger partial charge on any atom is -0.00172 e. The number of hydrogen-bond acceptors (Lipinski definition) is 2. The van der Waals surface area contributed by atoms with Gasteiger partial charge < -0.3 is 10.2 Å². The fourth-order valence-electron chi connectivity index (χ4n) is 3.14. The Hall–Kier alpha value is -0.0800. The van der Waals surface area contributed by atoms with E-state index in [-0.39, 0.29) is 0 Å². The molecule has 3 rings (SSSR count). The Balaban J connectivity index is 0.000000148. The molecule has 3 aliphatic rings. The second kappa shape index (κ2) is 5.27. The Labute approximate surface area is 107 Å². The van der Waals surface area contributed by atoms with Crippen molar-refractivity contribution in [1.29, 1.82) is 0 Å². The van der Waals surface area contributed by atoms with Gasteiger partial charge in [0.05, 0.1) is 0 Å². The molecule has 3 fully saturated rings. The SMILES string of the molecule is C1NCC2CC12.CN1CCC(C(C)(C)C)CC1. The zero-order valence-electron chi connectivity index (χ0n) is 12.1. The van der Waals surface area contributed by atoms with Crippen molar-refractivity contribution < 1.29 is 0 Å². The first-order valence-electron chi connectivity index (χ1n) is 7.36. The Morgan fingerprint density at radius 1 is 1.00 bits per heavy atom. The van der Waals surface area contributed by atoms with Gasteiger partial charge in [0, 0.05) is 0 Å². The Morgan fingerprint density at radius 3 is 1.82 bits per heavy atom. The van der Waals surface area contributed by atoms with Crippen LogP contribution in [-0.4, -0.2) is 38.1 Å². The molecule has 2 heterocycles. The molecule has 0 aromatic carbocycles. The minimum Gasteiger partial charge on any atom is -0.316 e. The predicted octanol–water partition coefficient (Wildman–Crippen LogP) is 2.60. The normalized spacial score (nSPS) is 33.9. The van der Waals surface area contributed by atoms with Crippen LogP contribution in [0.2, 0.25) is 0 Å². The highest BCUT2D eigenvalue weighted by molar-refractivity contribution is 4.94. The third kappa shape index (κ3) is 3.96. The van der Waals surface area contributed by atoms with Crippen molar-refractivity contribution in [2.75, 3.05) is 33.2 Å². The van der Waals surface area contributed by atoms with Gasteiger partial charge in [-0.2, -0.15) is 0 Å². The molecule has 1 N–H and O–H groups in total. The highest BCUT2D eigenvalue weighted by atomic mass is 15.1. The number of fused-ring (bicyclic) bond motifs is 1. The van der Waals surface area contributed by atoms with Gasteiger partial charge in [-0.05, 0) is 75.7 Å². The molecule has 100 valence electrons. The molecule has 2 unspecified atom stereocenters. The van der Waals surface area contributed by atoms with E-state index < -0.39 is 0 Å². The van der Waals surface area contributed by atoms with Gasteiger partial charge in [0.1, 0.15) is 0 Å². The summed E-state index contributed by atoms with van der Waals surface area (Å²) in [4.78, 5) is 2.43. The second-order valence-electron chi connectivity index (χ2n) is 7.36. The van der Waals surface area contributed by atoms with E-state index in [1.165, 1.54) is 45.4 Å². The van der Waals surface area contributed by atoms with E-state index in [1.807, 2.05) is 0 Å². The lowest BCUT2D eigenvalue weighted by Crippen LogP contribution is -2.35. The third-order valence-corrected chi connectivity index (χ3v) is 4.83. The average Bonchev–Trinajstić information content (AvgIpc) is 2.86. The number of rotatable bonds is 0. The number of nitrogens with one attached hydrogen (secondary N) is 1. The molecule has 0 amide bonds. The smallest absolute Gasteiger partial charge is 0.00172 e. The van der Waals surface area contributed by atoms with Gasteiger partial charge in [0.15, 0.2) is 0 Å². The summed E-state index contributed by atoms with van der Waals surface area (Å²) in [6.07, 6.45) is 4.30. The standard InChI is InChI=1S/C10H21N.C5H9N/c1-10(2,3)9-5-7-11(4)8-6-9;1-4-2-6-3-5(1)4/h9H,5-8H2,1-4H3;4-6H,1-3H2. The Morgan fingerprint density at radius 2 is 1.53 bits per heavy atom. The highest BCUT2D eigenvalue weighted by Gasteiger charge is 2.40. The van der Waals surface area contributed by atoms with E-state index in [4.69, 9.17) is 0 Å². The van der Waals surface area contributed by atoms with Crippen molar-refractivity contribution in [1.82, 2.24) is 10.2 Å².